The zero-order chi connectivity index (χ0) is 13.8. The molecule has 0 saturated carbocycles. The van der Waals surface area contributed by atoms with Crippen LogP contribution in [0.2, 0.25) is 0 Å². The maximum Gasteiger partial charge on any atom is 0.237 e. The molecular formula is C11H22N2O4S. The highest BCUT2D eigenvalue weighted by Crippen LogP contribution is 2.19. The maximum absolute atomic E-state index is 11.9. The predicted octanol–water partition coefficient (Wildman–Crippen LogP) is -0.566. The molecule has 18 heavy (non-hydrogen) atoms. The molecule has 106 valence electrons. The van der Waals surface area contributed by atoms with Gasteiger partial charge >= 0.3 is 0 Å². The Bertz CT molecular complexity index is 388. The van der Waals surface area contributed by atoms with Gasteiger partial charge in [-0.3, -0.25) is 4.79 Å². The first-order valence-electron chi connectivity index (χ1n) is 6.05. The molecule has 1 saturated heterocycles. The Morgan fingerprint density at radius 1 is 1.44 bits per heavy atom. The van der Waals surface area contributed by atoms with Gasteiger partial charge in [-0.1, -0.05) is 0 Å². The van der Waals surface area contributed by atoms with Gasteiger partial charge in [0, 0.05) is 25.0 Å². The molecule has 0 aliphatic carbocycles. The molecule has 1 aliphatic rings. The Morgan fingerprint density at radius 3 is 2.50 bits per heavy atom. The van der Waals surface area contributed by atoms with Crippen molar-refractivity contribution in [2.75, 3.05) is 25.2 Å². The summed E-state index contributed by atoms with van der Waals surface area (Å²) in [5, 5.41) is 2.89. The fourth-order valence-corrected chi connectivity index (χ4v) is 2.49. The van der Waals surface area contributed by atoms with Gasteiger partial charge in [0.2, 0.25) is 5.91 Å². The lowest BCUT2D eigenvalue weighted by atomic mass is 9.92. The number of hydrogen-bond donors (Lipinski definition) is 2. The van der Waals surface area contributed by atoms with Crippen molar-refractivity contribution in [3.8, 4) is 0 Å². The molecule has 1 heterocycles. The van der Waals surface area contributed by atoms with E-state index in [0.717, 1.165) is 19.1 Å². The van der Waals surface area contributed by atoms with Gasteiger partial charge in [0.15, 0.2) is 0 Å². The van der Waals surface area contributed by atoms with Crippen LogP contribution in [0.15, 0.2) is 0 Å². The largest absolute Gasteiger partial charge is 0.381 e. The number of hydrogen-bond acceptors (Lipinski definition) is 5. The Hall–Kier alpha value is -0.660. The summed E-state index contributed by atoms with van der Waals surface area (Å²) in [7, 11) is -3.08. The number of ether oxygens (including phenoxy) is 1. The molecule has 0 bridgehead atoms. The topological polar surface area (TPSA) is 98.5 Å². The zero-order valence-electron chi connectivity index (χ0n) is 10.9. The molecule has 1 atom stereocenters. The number of sulfone groups is 1. The quantitative estimate of drug-likeness (QED) is 0.702. The molecule has 0 radical (unpaired) electrons. The van der Waals surface area contributed by atoms with Gasteiger partial charge in [0.1, 0.15) is 9.84 Å². The van der Waals surface area contributed by atoms with Crippen LogP contribution in [0.5, 0.6) is 0 Å². The lowest BCUT2D eigenvalue weighted by Crippen LogP contribution is -2.54. The van der Waals surface area contributed by atoms with Gasteiger partial charge < -0.3 is 15.8 Å². The number of nitrogens with two attached hydrogens (primary N) is 1. The standard InChI is InChI=1S/C11H22N2O4S/c1-11(4-6-17-7-5-11)13-10(14)9(12)3-8-18(2,15)16/h9H,3-8,12H2,1-2H3,(H,13,14). The molecule has 1 rings (SSSR count). The molecule has 6 nitrogen and oxygen atoms in total. The van der Waals surface area contributed by atoms with Crippen molar-refractivity contribution in [1.29, 1.82) is 0 Å². The van der Waals surface area contributed by atoms with E-state index in [1.165, 1.54) is 0 Å². The second-order valence-electron chi connectivity index (χ2n) is 5.19. The van der Waals surface area contributed by atoms with Crippen LogP contribution in [0.4, 0.5) is 0 Å². The van der Waals surface area contributed by atoms with E-state index in [0.29, 0.717) is 13.2 Å². The summed E-state index contributed by atoms with van der Waals surface area (Å²) in [6, 6.07) is -0.778. The van der Waals surface area contributed by atoms with E-state index in [4.69, 9.17) is 10.5 Å². The van der Waals surface area contributed by atoms with Crippen molar-refractivity contribution in [3.05, 3.63) is 0 Å². The fraction of sp³-hybridized carbons (Fsp3) is 0.909. The van der Waals surface area contributed by atoms with Crippen LogP contribution < -0.4 is 11.1 Å². The van der Waals surface area contributed by atoms with Crippen LogP contribution >= 0.6 is 0 Å². The molecule has 1 aliphatic heterocycles. The van der Waals surface area contributed by atoms with Crippen molar-refractivity contribution in [3.63, 3.8) is 0 Å². The summed E-state index contributed by atoms with van der Waals surface area (Å²) in [6.07, 6.45) is 2.78. The first-order chi connectivity index (χ1) is 8.22. The predicted molar refractivity (Wildman–Crippen MR) is 68.9 cm³/mol. The smallest absolute Gasteiger partial charge is 0.237 e. The highest BCUT2D eigenvalue weighted by Gasteiger charge is 2.30. The van der Waals surface area contributed by atoms with Crippen LogP contribution in [-0.2, 0) is 19.4 Å². The normalized spacial score (nSPS) is 21.3. The van der Waals surface area contributed by atoms with Crippen LogP contribution in [0, 0.1) is 0 Å². The molecule has 1 amide bonds. The van der Waals surface area contributed by atoms with Crippen LogP contribution in [0.1, 0.15) is 26.2 Å². The lowest BCUT2D eigenvalue weighted by Gasteiger charge is -2.35. The van der Waals surface area contributed by atoms with E-state index in [9.17, 15) is 13.2 Å². The second kappa shape index (κ2) is 5.99. The van der Waals surface area contributed by atoms with Gasteiger partial charge in [-0.15, -0.1) is 0 Å². The molecule has 1 fully saturated rings. The number of nitrogens with one attached hydrogen (secondary N) is 1. The van der Waals surface area contributed by atoms with Crippen LogP contribution in [0.25, 0.3) is 0 Å². The minimum atomic E-state index is -3.08. The minimum absolute atomic E-state index is 0.0680. The summed E-state index contributed by atoms with van der Waals surface area (Å²) in [5.74, 6) is -0.357. The van der Waals surface area contributed by atoms with Crippen LogP contribution in [0.3, 0.4) is 0 Å². The van der Waals surface area contributed by atoms with Crippen molar-refractivity contribution >= 4 is 15.7 Å². The van der Waals surface area contributed by atoms with Crippen molar-refractivity contribution in [2.45, 2.75) is 37.8 Å². The fourth-order valence-electron chi connectivity index (χ4n) is 1.81. The highest BCUT2D eigenvalue weighted by atomic mass is 32.2. The third kappa shape index (κ3) is 5.32. The molecule has 0 aromatic rings. The number of amides is 1. The maximum atomic E-state index is 11.9. The number of carbonyl (C=O) groups excluding carboxylic acids is 1. The number of carbonyl (C=O) groups is 1. The monoisotopic (exact) mass is 278 g/mol. The Balaban J connectivity index is 2.44. The average Bonchev–Trinajstić information content (AvgIpc) is 2.25. The summed E-state index contributed by atoms with van der Waals surface area (Å²) in [5.41, 5.74) is 5.40. The average molecular weight is 278 g/mol. The second-order valence-corrected chi connectivity index (χ2v) is 7.45. The third-order valence-electron chi connectivity index (χ3n) is 3.16. The van der Waals surface area contributed by atoms with Gasteiger partial charge in [-0.05, 0) is 26.2 Å². The van der Waals surface area contributed by atoms with Crippen LogP contribution in [-0.4, -0.2) is 51.1 Å². The summed E-state index contributed by atoms with van der Waals surface area (Å²) in [6.45, 7) is 3.20. The Kier molecular flexibility index (Phi) is 5.12. The summed E-state index contributed by atoms with van der Waals surface area (Å²) in [4.78, 5) is 11.9. The molecule has 0 aromatic carbocycles. The third-order valence-corrected chi connectivity index (χ3v) is 4.14. The van der Waals surface area contributed by atoms with Gasteiger partial charge in [0.05, 0.1) is 11.8 Å². The molecule has 1 unspecified atom stereocenters. The van der Waals surface area contributed by atoms with Crippen molar-refractivity contribution in [2.24, 2.45) is 5.73 Å². The van der Waals surface area contributed by atoms with E-state index in [-0.39, 0.29) is 23.6 Å². The number of rotatable bonds is 5. The Morgan fingerprint density at radius 2 is 2.00 bits per heavy atom. The lowest BCUT2D eigenvalue weighted by molar-refractivity contribution is -0.125. The molecular weight excluding hydrogens is 256 g/mol. The SMILES string of the molecule is CC1(NC(=O)C(N)CCS(C)(=O)=O)CCOCC1. The summed E-state index contributed by atoms with van der Waals surface area (Å²) < 4.78 is 27.3. The van der Waals surface area contributed by atoms with E-state index < -0.39 is 15.9 Å². The zero-order valence-corrected chi connectivity index (χ0v) is 11.8. The van der Waals surface area contributed by atoms with Gasteiger partial charge in [0.25, 0.3) is 0 Å². The minimum Gasteiger partial charge on any atom is -0.381 e. The van der Waals surface area contributed by atoms with E-state index in [2.05, 4.69) is 5.32 Å². The van der Waals surface area contributed by atoms with Crippen molar-refractivity contribution < 1.29 is 17.9 Å². The first kappa shape index (κ1) is 15.4. The van der Waals surface area contributed by atoms with E-state index in [1.54, 1.807) is 0 Å². The Labute approximate surface area is 108 Å². The van der Waals surface area contributed by atoms with Gasteiger partial charge in [-0.2, -0.15) is 0 Å². The first-order valence-corrected chi connectivity index (χ1v) is 8.11. The van der Waals surface area contributed by atoms with Gasteiger partial charge in [-0.25, -0.2) is 8.42 Å². The van der Waals surface area contributed by atoms with E-state index >= 15 is 0 Å². The molecule has 0 spiro atoms. The van der Waals surface area contributed by atoms with Crippen molar-refractivity contribution in [1.82, 2.24) is 5.32 Å². The highest BCUT2D eigenvalue weighted by molar-refractivity contribution is 7.90. The van der Waals surface area contributed by atoms with E-state index in [1.807, 2.05) is 6.92 Å². The summed E-state index contributed by atoms with van der Waals surface area (Å²) >= 11 is 0. The molecule has 3 N–H and O–H groups in total. The molecule has 0 aromatic heterocycles. The molecule has 7 heteroatoms.